The molecule has 0 N–H and O–H groups in total. The number of allylic oxidation sites excluding steroid dienone is 3. The lowest BCUT2D eigenvalue weighted by Crippen LogP contribution is -2.34. The van der Waals surface area contributed by atoms with Crippen LogP contribution in [0.1, 0.15) is 69.7 Å². The Morgan fingerprint density at radius 1 is 0.846 bits per heavy atom. The number of benzene rings is 2. The summed E-state index contributed by atoms with van der Waals surface area (Å²) in [5, 5.41) is 0. The molecule has 0 radical (unpaired) electrons. The van der Waals surface area contributed by atoms with Crippen molar-refractivity contribution in [3.8, 4) is 11.1 Å². The lowest BCUT2D eigenvalue weighted by molar-refractivity contribution is 0.332. The predicted octanol–water partition coefficient (Wildman–Crippen LogP) is 7.60. The third-order valence-electron chi connectivity index (χ3n) is 5.99. The second-order valence-electron chi connectivity index (χ2n) is 8.99. The van der Waals surface area contributed by atoms with Gasteiger partial charge in [-0.25, -0.2) is 0 Å². The van der Waals surface area contributed by atoms with Crippen molar-refractivity contribution in [2.45, 2.75) is 65.2 Å². The first-order chi connectivity index (χ1) is 12.2. The number of fused-ring (bicyclic) bond motifs is 1. The van der Waals surface area contributed by atoms with Crippen LogP contribution < -0.4 is 0 Å². The standard InChI is InChI=1S/C26H32/c1-7-8-9-11-20-12-10-13-21(17-20)22-18-24-23(16-19(22)2)25(3,4)14-15-26(24,5)6/h7-13,16-18H,14-15H2,1-6H3. The van der Waals surface area contributed by atoms with Gasteiger partial charge in [0.15, 0.2) is 0 Å². The van der Waals surface area contributed by atoms with Crippen molar-refractivity contribution in [2.24, 2.45) is 0 Å². The second-order valence-corrected chi connectivity index (χ2v) is 8.99. The first-order valence-electron chi connectivity index (χ1n) is 9.80. The molecule has 0 aromatic heterocycles. The highest BCUT2D eigenvalue weighted by Gasteiger charge is 2.37. The van der Waals surface area contributed by atoms with Gasteiger partial charge < -0.3 is 0 Å². The van der Waals surface area contributed by atoms with Gasteiger partial charge >= 0.3 is 0 Å². The summed E-state index contributed by atoms with van der Waals surface area (Å²) in [4.78, 5) is 0. The Hall–Kier alpha value is -2.08. The van der Waals surface area contributed by atoms with Crippen LogP contribution in [0.4, 0.5) is 0 Å². The Morgan fingerprint density at radius 3 is 2.15 bits per heavy atom. The van der Waals surface area contributed by atoms with Crippen molar-refractivity contribution in [2.75, 3.05) is 0 Å². The molecule has 26 heavy (non-hydrogen) atoms. The van der Waals surface area contributed by atoms with Gasteiger partial charge in [-0.1, -0.05) is 82.3 Å². The third kappa shape index (κ3) is 3.56. The summed E-state index contributed by atoms with van der Waals surface area (Å²) < 4.78 is 0. The van der Waals surface area contributed by atoms with Gasteiger partial charge in [0.25, 0.3) is 0 Å². The van der Waals surface area contributed by atoms with Gasteiger partial charge in [0, 0.05) is 0 Å². The number of rotatable bonds is 3. The molecule has 0 aliphatic heterocycles. The molecule has 0 unspecified atom stereocenters. The molecule has 1 aliphatic rings. The molecule has 0 atom stereocenters. The van der Waals surface area contributed by atoms with Gasteiger partial charge in [-0.05, 0) is 77.0 Å². The topological polar surface area (TPSA) is 0 Å². The van der Waals surface area contributed by atoms with E-state index in [1.807, 2.05) is 6.92 Å². The maximum Gasteiger partial charge on any atom is -0.0100 e. The lowest BCUT2D eigenvalue weighted by Gasteiger charge is -2.42. The Balaban J connectivity index is 2.12. The molecule has 0 saturated heterocycles. The van der Waals surface area contributed by atoms with Crippen LogP contribution in [0.2, 0.25) is 0 Å². The molecule has 136 valence electrons. The van der Waals surface area contributed by atoms with Crippen molar-refractivity contribution < 1.29 is 0 Å². The van der Waals surface area contributed by atoms with Crippen LogP contribution in [-0.4, -0.2) is 0 Å². The molecule has 2 aromatic rings. The minimum Gasteiger partial charge on any atom is -0.0877 e. The summed E-state index contributed by atoms with van der Waals surface area (Å²) in [7, 11) is 0. The van der Waals surface area contributed by atoms with Crippen LogP contribution in [0.25, 0.3) is 17.2 Å². The van der Waals surface area contributed by atoms with E-state index in [0.717, 1.165) is 0 Å². The molecule has 0 heterocycles. The molecule has 3 rings (SSSR count). The van der Waals surface area contributed by atoms with E-state index in [9.17, 15) is 0 Å². The molecule has 2 aromatic carbocycles. The summed E-state index contributed by atoms with van der Waals surface area (Å²) in [5.41, 5.74) is 8.90. The van der Waals surface area contributed by atoms with Crippen molar-refractivity contribution in [1.29, 1.82) is 0 Å². The number of hydrogen-bond acceptors (Lipinski definition) is 0. The monoisotopic (exact) mass is 344 g/mol. The van der Waals surface area contributed by atoms with Gasteiger partial charge in [0.1, 0.15) is 0 Å². The molecular formula is C26H32. The summed E-state index contributed by atoms with van der Waals surface area (Å²) in [6.45, 7) is 13.9. The lowest BCUT2D eigenvalue weighted by atomic mass is 9.62. The summed E-state index contributed by atoms with van der Waals surface area (Å²) >= 11 is 0. The van der Waals surface area contributed by atoms with Crippen LogP contribution >= 0.6 is 0 Å². The molecule has 0 bridgehead atoms. The van der Waals surface area contributed by atoms with E-state index in [0.29, 0.717) is 0 Å². The van der Waals surface area contributed by atoms with Crippen molar-refractivity contribution in [3.63, 3.8) is 0 Å². The SMILES string of the molecule is CC=CC=Cc1cccc(-c2cc3c(cc2C)C(C)(C)CCC3(C)C)c1. The fourth-order valence-electron chi connectivity index (χ4n) is 4.12. The van der Waals surface area contributed by atoms with E-state index in [1.54, 1.807) is 5.56 Å². The normalized spacial score (nSPS) is 18.4. The molecule has 0 spiro atoms. The Kier molecular flexibility index (Phi) is 4.97. The number of aryl methyl sites for hydroxylation is 1. The fourth-order valence-corrected chi connectivity index (χ4v) is 4.12. The van der Waals surface area contributed by atoms with Crippen molar-refractivity contribution >= 4 is 6.08 Å². The highest BCUT2D eigenvalue weighted by Crippen LogP contribution is 2.47. The zero-order valence-corrected chi connectivity index (χ0v) is 17.2. The van der Waals surface area contributed by atoms with Crippen molar-refractivity contribution in [3.05, 3.63) is 76.9 Å². The minimum absolute atomic E-state index is 0.247. The smallest absolute Gasteiger partial charge is 0.0100 e. The van der Waals surface area contributed by atoms with E-state index in [4.69, 9.17) is 0 Å². The first-order valence-corrected chi connectivity index (χ1v) is 9.80. The molecule has 0 amide bonds. The Morgan fingerprint density at radius 2 is 1.50 bits per heavy atom. The molecule has 0 heteroatoms. The summed E-state index contributed by atoms with van der Waals surface area (Å²) in [5.74, 6) is 0. The highest BCUT2D eigenvalue weighted by atomic mass is 14.4. The van der Waals surface area contributed by atoms with Gasteiger partial charge in [-0.2, -0.15) is 0 Å². The Bertz CT molecular complexity index is 860. The minimum atomic E-state index is 0.247. The molecule has 0 fully saturated rings. The van der Waals surface area contributed by atoms with E-state index in [2.05, 4.69) is 95.3 Å². The van der Waals surface area contributed by atoms with Crippen LogP contribution in [0.5, 0.6) is 0 Å². The maximum atomic E-state index is 2.47. The fraction of sp³-hybridized carbons (Fsp3) is 0.385. The van der Waals surface area contributed by atoms with E-state index in [-0.39, 0.29) is 10.8 Å². The van der Waals surface area contributed by atoms with E-state index < -0.39 is 0 Å². The average molecular weight is 345 g/mol. The van der Waals surface area contributed by atoms with Crippen LogP contribution in [0.15, 0.2) is 54.6 Å². The van der Waals surface area contributed by atoms with E-state index in [1.165, 1.54) is 40.7 Å². The Labute approximate surface area is 159 Å². The quantitative estimate of drug-likeness (QED) is 0.503. The van der Waals surface area contributed by atoms with Crippen LogP contribution in [0, 0.1) is 6.92 Å². The van der Waals surface area contributed by atoms with Crippen molar-refractivity contribution in [1.82, 2.24) is 0 Å². The molecular weight excluding hydrogens is 312 g/mol. The van der Waals surface area contributed by atoms with E-state index >= 15 is 0 Å². The number of hydrogen-bond donors (Lipinski definition) is 0. The maximum absolute atomic E-state index is 2.47. The van der Waals surface area contributed by atoms with Gasteiger partial charge in [-0.15, -0.1) is 0 Å². The molecule has 0 saturated carbocycles. The second kappa shape index (κ2) is 6.91. The van der Waals surface area contributed by atoms with Crippen LogP contribution in [-0.2, 0) is 10.8 Å². The largest absolute Gasteiger partial charge is 0.0877 e. The van der Waals surface area contributed by atoms with Crippen LogP contribution in [0.3, 0.4) is 0 Å². The zero-order chi connectivity index (χ0) is 18.9. The third-order valence-corrected chi connectivity index (χ3v) is 5.99. The molecule has 0 nitrogen and oxygen atoms in total. The molecule has 1 aliphatic carbocycles. The first kappa shape index (κ1) is 18.7. The summed E-state index contributed by atoms with van der Waals surface area (Å²) in [6.07, 6.45) is 10.9. The predicted molar refractivity (Wildman–Crippen MR) is 116 cm³/mol. The van der Waals surface area contributed by atoms with Gasteiger partial charge in [0.2, 0.25) is 0 Å². The summed E-state index contributed by atoms with van der Waals surface area (Å²) in [6, 6.07) is 13.8. The van der Waals surface area contributed by atoms with Gasteiger partial charge in [-0.3, -0.25) is 0 Å². The average Bonchev–Trinajstić information content (AvgIpc) is 2.59. The highest BCUT2D eigenvalue weighted by molar-refractivity contribution is 5.72. The zero-order valence-electron chi connectivity index (χ0n) is 17.2. The van der Waals surface area contributed by atoms with Gasteiger partial charge in [0.05, 0.1) is 0 Å².